The number of aromatic nitrogens is 1. The number of carbonyl (C=O) groups excluding carboxylic acids is 1. The molecule has 0 saturated carbocycles. The minimum absolute atomic E-state index is 0.221. The molecule has 2 saturated heterocycles. The average molecular weight is 246 g/mol. The van der Waals surface area contributed by atoms with E-state index in [2.05, 4.69) is 15.2 Å². The molecule has 0 aromatic carbocycles. The third kappa shape index (κ3) is 2.37. The molecule has 0 spiro atoms. The number of rotatable bonds is 2. The molecular weight excluding hydrogens is 228 g/mol. The molecule has 1 amide bonds. The molecule has 0 bridgehead atoms. The highest BCUT2D eigenvalue weighted by Crippen LogP contribution is 2.14. The highest BCUT2D eigenvalue weighted by molar-refractivity contribution is 5.79. The van der Waals surface area contributed by atoms with Gasteiger partial charge in [0.05, 0.1) is 18.8 Å². The van der Waals surface area contributed by atoms with Crippen LogP contribution in [0.1, 0.15) is 5.69 Å². The van der Waals surface area contributed by atoms with Gasteiger partial charge in [-0.1, -0.05) is 6.07 Å². The second-order valence-corrected chi connectivity index (χ2v) is 4.92. The summed E-state index contributed by atoms with van der Waals surface area (Å²) >= 11 is 0. The number of hydrogen-bond acceptors (Lipinski definition) is 4. The zero-order valence-corrected chi connectivity index (χ0v) is 10.4. The van der Waals surface area contributed by atoms with Crippen molar-refractivity contribution < 1.29 is 4.79 Å². The summed E-state index contributed by atoms with van der Waals surface area (Å²) < 4.78 is 0. The molecule has 1 aromatic heterocycles. The van der Waals surface area contributed by atoms with Gasteiger partial charge in [-0.25, -0.2) is 0 Å². The zero-order valence-electron chi connectivity index (χ0n) is 10.4. The molecule has 2 aliphatic heterocycles. The van der Waals surface area contributed by atoms with Crippen molar-refractivity contribution in [3.05, 3.63) is 30.1 Å². The van der Waals surface area contributed by atoms with Crippen LogP contribution in [-0.4, -0.2) is 59.5 Å². The first-order valence-corrected chi connectivity index (χ1v) is 6.45. The van der Waals surface area contributed by atoms with Crippen molar-refractivity contribution >= 4 is 5.91 Å². The van der Waals surface area contributed by atoms with Crippen LogP contribution in [0.3, 0.4) is 0 Å². The minimum Gasteiger partial charge on any atom is -0.334 e. The molecule has 18 heavy (non-hydrogen) atoms. The average Bonchev–Trinajstić information content (AvgIpc) is 2.41. The van der Waals surface area contributed by atoms with E-state index in [4.69, 9.17) is 0 Å². The first kappa shape index (κ1) is 11.6. The second-order valence-electron chi connectivity index (χ2n) is 4.92. The van der Waals surface area contributed by atoms with E-state index < -0.39 is 0 Å². The summed E-state index contributed by atoms with van der Waals surface area (Å²) in [7, 11) is 0. The predicted octanol–water partition coefficient (Wildman–Crippen LogP) is -0.302. The topological polar surface area (TPSA) is 48.5 Å². The van der Waals surface area contributed by atoms with Crippen LogP contribution in [0.5, 0.6) is 0 Å². The quantitative estimate of drug-likeness (QED) is 0.778. The van der Waals surface area contributed by atoms with Crippen molar-refractivity contribution in [1.29, 1.82) is 0 Å². The van der Waals surface area contributed by atoms with Crippen molar-refractivity contribution in [1.82, 2.24) is 20.1 Å². The summed E-state index contributed by atoms with van der Waals surface area (Å²) in [4.78, 5) is 20.6. The SMILES string of the molecule is O=C1CN2CCNCC2CN1Cc1ccccn1. The smallest absolute Gasteiger partial charge is 0.237 e. The molecule has 1 aromatic rings. The van der Waals surface area contributed by atoms with Gasteiger partial charge in [0.2, 0.25) is 5.91 Å². The highest BCUT2D eigenvalue weighted by atomic mass is 16.2. The van der Waals surface area contributed by atoms with Crippen LogP contribution in [0.2, 0.25) is 0 Å². The normalized spacial score (nSPS) is 25.0. The number of pyridine rings is 1. The first-order valence-electron chi connectivity index (χ1n) is 6.45. The van der Waals surface area contributed by atoms with E-state index in [-0.39, 0.29) is 5.91 Å². The standard InChI is InChI=1S/C13H18N4O/c18-13-10-16-6-5-14-7-12(16)9-17(13)8-11-3-1-2-4-15-11/h1-4,12,14H,5-10H2. The van der Waals surface area contributed by atoms with Gasteiger partial charge in [-0.3, -0.25) is 14.7 Å². The van der Waals surface area contributed by atoms with E-state index in [1.165, 1.54) is 0 Å². The number of piperazine rings is 2. The van der Waals surface area contributed by atoms with Crippen molar-refractivity contribution in [2.24, 2.45) is 0 Å². The summed E-state index contributed by atoms with van der Waals surface area (Å²) in [6.45, 7) is 4.94. The van der Waals surface area contributed by atoms with E-state index in [1.807, 2.05) is 23.1 Å². The van der Waals surface area contributed by atoms with Gasteiger partial charge in [-0.05, 0) is 12.1 Å². The number of amides is 1. The Bertz CT molecular complexity index is 422. The number of fused-ring (bicyclic) bond motifs is 1. The van der Waals surface area contributed by atoms with Crippen LogP contribution in [0, 0.1) is 0 Å². The maximum atomic E-state index is 12.1. The number of nitrogens with one attached hydrogen (secondary N) is 1. The number of nitrogens with zero attached hydrogens (tertiary/aromatic N) is 3. The Labute approximate surface area is 107 Å². The molecule has 2 fully saturated rings. The van der Waals surface area contributed by atoms with Crippen LogP contribution >= 0.6 is 0 Å². The largest absolute Gasteiger partial charge is 0.334 e. The molecular formula is C13H18N4O. The summed E-state index contributed by atoms with van der Waals surface area (Å²) in [6, 6.07) is 6.29. The summed E-state index contributed by atoms with van der Waals surface area (Å²) in [5, 5.41) is 3.39. The second kappa shape index (κ2) is 5.04. The van der Waals surface area contributed by atoms with Gasteiger partial charge in [0, 0.05) is 38.4 Å². The van der Waals surface area contributed by atoms with Crippen LogP contribution in [0.25, 0.3) is 0 Å². The van der Waals surface area contributed by atoms with Crippen LogP contribution in [-0.2, 0) is 11.3 Å². The number of hydrogen-bond donors (Lipinski definition) is 1. The van der Waals surface area contributed by atoms with Gasteiger partial charge in [0.15, 0.2) is 0 Å². The molecule has 5 nitrogen and oxygen atoms in total. The molecule has 1 unspecified atom stereocenters. The van der Waals surface area contributed by atoms with Gasteiger partial charge in [-0.2, -0.15) is 0 Å². The van der Waals surface area contributed by atoms with Crippen molar-refractivity contribution in [2.75, 3.05) is 32.7 Å². The fraction of sp³-hybridized carbons (Fsp3) is 0.538. The monoisotopic (exact) mass is 246 g/mol. The van der Waals surface area contributed by atoms with Gasteiger partial charge in [0.25, 0.3) is 0 Å². The van der Waals surface area contributed by atoms with E-state index in [9.17, 15) is 4.79 Å². The first-order chi connectivity index (χ1) is 8.83. The third-order valence-corrected chi connectivity index (χ3v) is 3.67. The van der Waals surface area contributed by atoms with Crippen LogP contribution < -0.4 is 5.32 Å². The van der Waals surface area contributed by atoms with Crippen molar-refractivity contribution in [2.45, 2.75) is 12.6 Å². The van der Waals surface area contributed by atoms with Crippen molar-refractivity contribution in [3.63, 3.8) is 0 Å². The molecule has 5 heteroatoms. The van der Waals surface area contributed by atoms with E-state index in [1.54, 1.807) is 6.20 Å². The number of carbonyl (C=O) groups is 1. The molecule has 1 N–H and O–H groups in total. The van der Waals surface area contributed by atoms with Gasteiger partial charge >= 0.3 is 0 Å². The zero-order chi connectivity index (χ0) is 12.4. The highest BCUT2D eigenvalue weighted by Gasteiger charge is 2.33. The molecule has 3 heterocycles. The van der Waals surface area contributed by atoms with Gasteiger partial charge in [-0.15, -0.1) is 0 Å². The Hall–Kier alpha value is -1.46. The van der Waals surface area contributed by atoms with Crippen LogP contribution in [0.15, 0.2) is 24.4 Å². The molecule has 3 rings (SSSR count). The van der Waals surface area contributed by atoms with E-state index in [0.717, 1.165) is 31.9 Å². The Morgan fingerprint density at radius 2 is 2.39 bits per heavy atom. The Balaban J connectivity index is 1.67. The Morgan fingerprint density at radius 1 is 1.44 bits per heavy atom. The van der Waals surface area contributed by atoms with E-state index in [0.29, 0.717) is 19.1 Å². The lowest BCUT2D eigenvalue weighted by molar-refractivity contribution is -0.139. The Kier molecular flexibility index (Phi) is 3.25. The fourth-order valence-corrected chi connectivity index (χ4v) is 2.66. The maximum Gasteiger partial charge on any atom is 0.237 e. The van der Waals surface area contributed by atoms with Crippen LogP contribution in [0.4, 0.5) is 0 Å². The Morgan fingerprint density at radius 3 is 3.22 bits per heavy atom. The molecule has 96 valence electrons. The minimum atomic E-state index is 0.221. The molecule has 0 aliphatic carbocycles. The van der Waals surface area contributed by atoms with Gasteiger partial charge < -0.3 is 10.2 Å². The molecule has 1 atom stereocenters. The van der Waals surface area contributed by atoms with Gasteiger partial charge in [0.1, 0.15) is 0 Å². The third-order valence-electron chi connectivity index (χ3n) is 3.67. The lowest BCUT2D eigenvalue weighted by atomic mass is 10.1. The maximum absolute atomic E-state index is 12.1. The lowest BCUT2D eigenvalue weighted by Crippen LogP contribution is -2.62. The fourth-order valence-electron chi connectivity index (χ4n) is 2.66. The summed E-state index contributed by atoms with van der Waals surface area (Å²) in [6.07, 6.45) is 1.78. The van der Waals surface area contributed by atoms with Crippen molar-refractivity contribution in [3.8, 4) is 0 Å². The molecule has 2 aliphatic rings. The summed E-state index contributed by atoms with van der Waals surface area (Å²) in [5.41, 5.74) is 0.961. The molecule has 0 radical (unpaired) electrons. The lowest BCUT2D eigenvalue weighted by Gasteiger charge is -2.43. The summed E-state index contributed by atoms with van der Waals surface area (Å²) in [5.74, 6) is 0.221. The van der Waals surface area contributed by atoms with E-state index >= 15 is 0 Å². The predicted molar refractivity (Wildman–Crippen MR) is 67.9 cm³/mol.